The number of nitrogens with zero attached hydrogens (tertiary/aromatic N) is 4. The predicted molar refractivity (Wildman–Crippen MR) is 142 cm³/mol. The van der Waals surface area contributed by atoms with E-state index in [9.17, 15) is 9.59 Å². The van der Waals surface area contributed by atoms with Crippen LogP contribution < -0.4 is 15.8 Å². The molecule has 1 aliphatic rings. The summed E-state index contributed by atoms with van der Waals surface area (Å²) in [7, 11) is 0. The number of hydrogen-bond acceptors (Lipinski definition) is 5. The predicted octanol–water partition coefficient (Wildman–Crippen LogP) is 4.33. The molecule has 36 heavy (non-hydrogen) atoms. The fraction of sp³-hybridized carbons (Fsp3) is 0.286. The molecule has 7 nitrogen and oxygen atoms in total. The van der Waals surface area contributed by atoms with Gasteiger partial charge >= 0.3 is 0 Å². The van der Waals surface area contributed by atoms with Gasteiger partial charge in [-0.05, 0) is 55.2 Å². The Labute approximate surface area is 214 Å². The van der Waals surface area contributed by atoms with Gasteiger partial charge in [-0.1, -0.05) is 53.6 Å². The maximum atomic E-state index is 13.7. The Kier molecular flexibility index (Phi) is 7.00. The number of carbonyl (C=O) groups excluding carboxylic acids is 1. The molecule has 2 aromatic carbocycles. The van der Waals surface area contributed by atoms with Gasteiger partial charge in [-0.15, -0.1) is 0 Å². The number of piperidine rings is 1. The van der Waals surface area contributed by atoms with Crippen LogP contribution in [0.25, 0.3) is 11.2 Å². The van der Waals surface area contributed by atoms with E-state index in [0.717, 1.165) is 29.5 Å². The van der Waals surface area contributed by atoms with Crippen LogP contribution in [0.3, 0.4) is 0 Å². The molecule has 1 saturated heterocycles. The van der Waals surface area contributed by atoms with Gasteiger partial charge < -0.3 is 10.2 Å². The molecule has 0 unspecified atom stereocenters. The van der Waals surface area contributed by atoms with Gasteiger partial charge in [0.15, 0.2) is 11.5 Å². The minimum Gasteiger partial charge on any atom is -0.352 e. The van der Waals surface area contributed by atoms with Gasteiger partial charge in [0.25, 0.3) is 5.56 Å². The van der Waals surface area contributed by atoms with Gasteiger partial charge in [-0.2, -0.15) is 0 Å². The fourth-order valence-electron chi connectivity index (χ4n) is 4.66. The second-order valence-corrected chi connectivity index (χ2v) is 9.73. The highest BCUT2D eigenvalue weighted by molar-refractivity contribution is 6.30. The molecule has 8 heteroatoms. The number of rotatable bonds is 6. The summed E-state index contributed by atoms with van der Waals surface area (Å²) in [4.78, 5) is 37.8. The van der Waals surface area contributed by atoms with Crippen molar-refractivity contribution in [1.82, 2.24) is 19.9 Å². The quantitative estimate of drug-likeness (QED) is 0.425. The summed E-state index contributed by atoms with van der Waals surface area (Å²) in [6, 6.07) is 19.3. The molecule has 3 heterocycles. The Hall–Kier alpha value is -3.71. The van der Waals surface area contributed by atoms with Crippen LogP contribution in [0.4, 0.5) is 5.82 Å². The lowest BCUT2D eigenvalue weighted by atomic mass is 9.97. The number of pyridine rings is 1. The SMILES string of the molecule is Cc1ccc(Cn2c(=O)c(N3CCC[C@@H](C(=O)NCc4cccc(Cl)c4)C3)nc3cccnc32)cc1. The van der Waals surface area contributed by atoms with Crippen LogP contribution in [0.15, 0.2) is 71.7 Å². The third kappa shape index (κ3) is 5.26. The van der Waals surface area contributed by atoms with Gasteiger partial charge in [-0.25, -0.2) is 9.97 Å². The average Bonchev–Trinajstić information content (AvgIpc) is 2.90. The second kappa shape index (κ2) is 10.5. The molecule has 4 aromatic rings. The van der Waals surface area contributed by atoms with Gasteiger partial charge in [0.2, 0.25) is 5.91 Å². The summed E-state index contributed by atoms with van der Waals surface area (Å²) in [5.41, 5.74) is 4.15. The normalized spacial score (nSPS) is 15.7. The van der Waals surface area contributed by atoms with Crippen LogP contribution in [0.5, 0.6) is 0 Å². The van der Waals surface area contributed by atoms with E-state index in [2.05, 4.69) is 10.3 Å². The van der Waals surface area contributed by atoms with Crippen molar-refractivity contribution in [3.63, 3.8) is 0 Å². The summed E-state index contributed by atoms with van der Waals surface area (Å²) in [5, 5.41) is 3.67. The molecule has 5 rings (SSSR count). The first kappa shape index (κ1) is 24.0. The van der Waals surface area contributed by atoms with Crippen LogP contribution >= 0.6 is 11.6 Å². The van der Waals surface area contributed by atoms with Gasteiger partial charge in [0.1, 0.15) is 5.52 Å². The number of amides is 1. The number of nitrogens with one attached hydrogen (secondary N) is 1. The average molecular weight is 502 g/mol. The standard InChI is InChI=1S/C28H28ClN5O2/c1-19-9-11-20(12-10-19)17-34-25-24(8-3-13-30-25)32-26(28(34)36)33-14-4-6-22(18-33)27(35)31-16-21-5-2-7-23(29)15-21/h2-3,5,7-13,15,22H,4,6,14,16-18H2,1H3,(H,31,35)/t22-/m1/s1. The van der Waals surface area contributed by atoms with Crippen molar-refractivity contribution in [2.45, 2.75) is 32.9 Å². The van der Waals surface area contributed by atoms with E-state index in [1.165, 1.54) is 0 Å². The molecule has 1 amide bonds. The number of anilines is 1. The Bertz CT molecular complexity index is 1450. The topological polar surface area (TPSA) is 80.1 Å². The number of fused-ring (bicyclic) bond motifs is 1. The van der Waals surface area contributed by atoms with Gasteiger partial charge in [-0.3, -0.25) is 14.2 Å². The number of aromatic nitrogens is 3. The van der Waals surface area contributed by atoms with E-state index >= 15 is 0 Å². The van der Waals surface area contributed by atoms with Crippen LogP contribution in [0.2, 0.25) is 5.02 Å². The Morgan fingerprint density at radius 1 is 1.11 bits per heavy atom. The first-order valence-electron chi connectivity index (χ1n) is 12.2. The zero-order valence-corrected chi connectivity index (χ0v) is 20.9. The van der Waals surface area contributed by atoms with Gasteiger partial charge in [0, 0.05) is 30.9 Å². The molecule has 1 N–H and O–H groups in total. The first-order valence-corrected chi connectivity index (χ1v) is 12.5. The van der Waals surface area contributed by atoms with Gasteiger partial charge in [0.05, 0.1) is 12.5 Å². The summed E-state index contributed by atoms with van der Waals surface area (Å²) >= 11 is 6.06. The van der Waals surface area contributed by atoms with Crippen molar-refractivity contribution in [2.24, 2.45) is 5.92 Å². The molecule has 0 spiro atoms. The molecular formula is C28H28ClN5O2. The molecule has 2 aromatic heterocycles. The van der Waals surface area contributed by atoms with Crippen LogP contribution in [-0.2, 0) is 17.9 Å². The van der Waals surface area contributed by atoms with E-state index in [-0.39, 0.29) is 17.4 Å². The monoisotopic (exact) mass is 501 g/mol. The lowest BCUT2D eigenvalue weighted by molar-refractivity contribution is -0.125. The lowest BCUT2D eigenvalue weighted by Crippen LogP contribution is -2.45. The Balaban J connectivity index is 1.39. The molecule has 184 valence electrons. The molecule has 0 radical (unpaired) electrons. The Morgan fingerprint density at radius 3 is 2.75 bits per heavy atom. The third-order valence-electron chi connectivity index (χ3n) is 6.59. The first-order chi connectivity index (χ1) is 17.5. The van der Waals surface area contributed by atoms with E-state index in [1.807, 2.05) is 72.5 Å². The molecule has 0 aliphatic carbocycles. The van der Waals surface area contributed by atoms with Crippen molar-refractivity contribution < 1.29 is 4.79 Å². The van der Waals surface area contributed by atoms with Crippen LogP contribution in [0.1, 0.15) is 29.5 Å². The molecule has 1 fully saturated rings. The largest absolute Gasteiger partial charge is 0.352 e. The fourth-order valence-corrected chi connectivity index (χ4v) is 4.87. The number of benzene rings is 2. The maximum Gasteiger partial charge on any atom is 0.295 e. The van der Waals surface area contributed by atoms with Crippen LogP contribution in [0, 0.1) is 12.8 Å². The molecule has 0 saturated carbocycles. The molecule has 1 aliphatic heterocycles. The molecule has 0 bridgehead atoms. The number of aryl methyl sites for hydroxylation is 1. The smallest absolute Gasteiger partial charge is 0.295 e. The zero-order chi connectivity index (χ0) is 25.1. The highest BCUT2D eigenvalue weighted by Gasteiger charge is 2.28. The van der Waals surface area contributed by atoms with E-state index in [1.54, 1.807) is 10.8 Å². The zero-order valence-electron chi connectivity index (χ0n) is 20.2. The van der Waals surface area contributed by atoms with Crippen molar-refractivity contribution >= 4 is 34.5 Å². The van der Waals surface area contributed by atoms with E-state index in [4.69, 9.17) is 16.6 Å². The van der Waals surface area contributed by atoms with Crippen molar-refractivity contribution in [2.75, 3.05) is 18.0 Å². The maximum absolute atomic E-state index is 13.7. The summed E-state index contributed by atoms with van der Waals surface area (Å²) < 4.78 is 1.69. The number of halogens is 1. The highest BCUT2D eigenvalue weighted by atomic mass is 35.5. The summed E-state index contributed by atoms with van der Waals surface area (Å²) in [6.45, 7) is 3.98. The van der Waals surface area contributed by atoms with E-state index in [0.29, 0.717) is 48.2 Å². The van der Waals surface area contributed by atoms with Crippen LogP contribution in [-0.4, -0.2) is 33.5 Å². The summed E-state index contributed by atoms with van der Waals surface area (Å²) in [5.74, 6) is 0.117. The third-order valence-corrected chi connectivity index (χ3v) is 6.83. The summed E-state index contributed by atoms with van der Waals surface area (Å²) in [6.07, 6.45) is 3.25. The van der Waals surface area contributed by atoms with Crippen molar-refractivity contribution in [3.8, 4) is 0 Å². The minimum absolute atomic E-state index is 0.0258. The second-order valence-electron chi connectivity index (χ2n) is 9.29. The number of hydrogen-bond donors (Lipinski definition) is 1. The molecular weight excluding hydrogens is 474 g/mol. The van der Waals surface area contributed by atoms with Crippen molar-refractivity contribution in [1.29, 1.82) is 0 Å². The Morgan fingerprint density at radius 2 is 1.94 bits per heavy atom. The lowest BCUT2D eigenvalue weighted by Gasteiger charge is -2.32. The molecule has 1 atom stereocenters. The van der Waals surface area contributed by atoms with Crippen molar-refractivity contribution in [3.05, 3.63) is 98.9 Å². The van der Waals surface area contributed by atoms with E-state index < -0.39 is 0 Å². The minimum atomic E-state index is -0.228. The number of carbonyl (C=O) groups is 1. The highest BCUT2D eigenvalue weighted by Crippen LogP contribution is 2.22.